The maximum atomic E-state index is 13.1. The van der Waals surface area contributed by atoms with Gasteiger partial charge in [-0.3, -0.25) is 0 Å². The van der Waals surface area contributed by atoms with E-state index in [4.69, 9.17) is 28.4 Å². The second kappa shape index (κ2) is 9.76. The van der Waals surface area contributed by atoms with E-state index in [2.05, 4.69) is 0 Å². The smallest absolute Gasteiger partial charge is 0.210 e. The van der Waals surface area contributed by atoms with E-state index >= 15 is 0 Å². The number of hydrogen-bond donors (Lipinski definition) is 0. The Bertz CT molecular complexity index is 920. The second-order valence-corrected chi connectivity index (χ2v) is 8.81. The topological polar surface area (TPSA) is 96.1 Å². The van der Waals surface area contributed by atoms with Crippen LogP contribution in [-0.2, 0) is 28.8 Å². The van der Waals surface area contributed by atoms with Gasteiger partial charge in [0.1, 0.15) is 35.2 Å². The molecule has 0 saturated carbocycles. The molecule has 8 nitrogen and oxygen atoms in total. The van der Waals surface area contributed by atoms with Crippen molar-refractivity contribution in [2.75, 3.05) is 46.4 Å². The van der Waals surface area contributed by atoms with Gasteiger partial charge in [0.15, 0.2) is 6.79 Å². The lowest BCUT2D eigenvalue weighted by Crippen LogP contribution is -2.12. The van der Waals surface area contributed by atoms with Gasteiger partial charge < -0.3 is 28.4 Å². The van der Waals surface area contributed by atoms with E-state index in [9.17, 15) is 8.42 Å². The molecular formula is C21H24O8S. The Morgan fingerprint density at radius 1 is 0.833 bits per heavy atom. The van der Waals surface area contributed by atoms with Crippen molar-refractivity contribution in [2.24, 2.45) is 0 Å². The SMILES string of the molecule is O=S(=O)(c1ccc(OCOCC2CO2)cc1)c1ccccc1OCCOCC1CO1. The molecule has 2 aromatic carbocycles. The lowest BCUT2D eigenvalue weighted by atomic mass is 10.3. The minimum atomic E-state index is -3.75. The number of hydrogen-bond acceptors (Lipinski definition) is 8. The van der Waals surface area contributed by atoms with Crippen molar-refractivity contribution < 1.29 is 36.8 Å². The fourth-order valence-electron chi connectivity index (χ4n) is 2.68. The van der Waals surface area contributed by atoms with Gasteiger partial charge in [-0.2, -0.15) is 0 Å². The Morgan fingerprint density at radius 3 is 2.20 bits per heavy atom. The van der Waals surface area contributed by atoms with E-state index in [0.29, 0.717) is 31.3 Å². The van der Waals surface area contributed by atoms with Crippen molar-refractivity contribution >= 4 is 9.84 Å². The van der Waals surface area contributed by atoms with E-state index < -0.39 is 9.84 Å². The summed E-state index contributed by atoms with van der Waals surface area (Å²) in [5.41, 5.74) is 0. The first-order chi connectivity index (χ1) is 14.6. The van der Waals surface area contributed by atoms with Crippen LogP contribution < -0.4 is 9.47 Å². The van der Waals surface area contributed by atoms with Gasteiger partial charge in [0.2, 0.25) is 9.84 Å². The lowest BCUT2D eigenvalue weighted by Gasteiger charge is -2.13. The molecule has 2 saturated heterocycles. The Kier molecular flexibility index (Phi) is 6.86. The van der Waals surface area contributed by atoms with Crippen LogP contribution in [0.2, 0.25) is 0 Å². The number of epoxide rings is 2. The molecular weight excluding hydrogens is 412 g/mol. The van der Waals surface area contributed by atoms with Crippen LogP contribution in [0.15, 0.2) is 58.3 Å². The van der Waals surface area contributed by atoms with Crippen LogP contribution in [0, 0.1) is 0 Å². The third-order valence-electron chi connectivity index (χ3n) is 4.48. The van der Waals surface area contributed by atoms with E-state index in [1.54, 1.807) is 30.3 Å². The van der Waals surface area contributed by atoms with Crippen LogP contribution >= 0.6 is 0 Å². The molecule has 4 rings (SSSR count). The molecule has 9 heteroatoms. The molecule has 0 aromatic heterocycles. The predicted molar refractivity (Wildman–Crippen MR) is 106 cm³/mol. The van der Waals surface area contributed by atoms with Gasteiger partial charge in [0.25, 0.3) is 0 Å². The Hall–Kier alpha value is -2.17. The summed E-state index contributed by atoms with van der Waals surface area (Å²) in [7, 11) is -3.75. The van der Waals surface area contributed by atoms with E-state index in [1.165, 1.54) is 18.2 Å². The van der Waals surface area contributed by atoms with Gasteiger partial charge in [-0.1, -0.05) is 12.1 Å². The van der Waals surface area contributed by atoms with Crippen molar-refractivity contribution in [1.82, 2.24) is 0 Å². The van der Waals surface area contributed by atoms with Crippen molar-refractivity contribution in [3.63, 3.8) is 0 Å². The van der Waals surface area contributed by atoms with Crippen LogP contribution in [0.4, 0.5) is 0 Å². The van der Waals surface area contributed by atoms with Gasteiger partial charge in [0.05, 0.1) is 37.9 Å². The number of para-hydroxylation sites is 1. The van der Waals surface area contributed by atoms with Crippen molar-refractivity contribution in [2.45, 2.75) is 22.0 Å². The lowest BCUT2D eigenvalue weighted by molar-refractivity contribution is 0.00819. The first kappa shape index (κ1) is 21.1. The average molecular weight is 436 g/mol. The van der Waals surface area contributed by atoms with Gasteiger partial charge in [-0.05, 0) is 36.4 Å². The summed E-state index contributed by atoms with van der Waals surface area (Å²) in [6.45, 7) is 3.15. The van der Waals surface area contributed by atoms with E-state index in [0.717, 1.165) is 13.2 Å². The summed E-state index contributed by atoms with van der Waals surface area (Å²) in [4.78, 5) is 0.261. The largest absolute Gasteiger partial charge is 0.490 e. The molecule has 2 aromatic rings. The molecule has 2 heterocycles. The maximum absolute atomic E-state index is 13.1. The molecule has 0 aliphatic carbocycles. The standard InChI is InChI=1S/C21H24O8S/c22-30(23,19-7-5-16(6-8-19)29-15-25-12-18-14-28-18)21-4-2-1-3-20(21)26-10-9-24-11-17-13-27-17/h1-8,17-18H,9-15H2. The molecule has 2 aliphatic heterocycles. The fourth-order valence-corrected chi connectivity index (χ4v) is 4.07. The van der Waals surface area contributed by atoms with Gasteiger partial charge >= 0.3 is 0 Å². The zero-order valence-corrected chi connectivity index (χ0v) is 17.2. The predicted octanol–water partition coefficient (Wildman–Crippen LogP) is 2.07. The first-order valence-electron chi connectivity index (χ1n) is 9.71. The monoisotopic (exact) mass is 436 g/mol. The molecule has 0 bridgehead atoms. The number of rotatable bonds is 13. The van der Waals surface area contributed by atoms with Crippen LogP contribution in [0.3, 0.4) is 0 Å². The molecule has 2 aliphatic rings. The summed E-state index contributed by atoms with van der Waals surface area (Å²) in [6, 6.07) is 12.8. The normalized spacial score (nSPS) is 20.0. The molecule has 0 radical (unpaired) electrons. The van der Waals surface area contributed by atoms with E-state index in [-0.39, 0.29) is 35.4 Å². The van der Waals surface area contributed by atoms with Crippen LogP contribution in [0.25, 0.3) is 0 Å². The van der Waals surface area contributed by atoms with Gasteiger partial charge in [0, 0.05) is 0 Å². The highest BCUT2D eigenvalue weighted by molar-refractivity contribution is 7.91. The van der Waals surface area contributed by atoms with Gasteiger partial charge in [-0.15, -0.1) is 0 Å². The number of ether oxygens (including phenoxy) is 6. The van der Waals surface area contributed by atoms with Crippen molar-refractivity contribution in [3.05, 3.63) is 48.5 Å². The Morgan fingerprint density at radius 2 is 1.50 bits per heavy atom. The highest BCUT2D eigenvalue weighted by Gasteiger charge is 2.24. The summed E-state index contributed by atoms with van der Waals surface area (Å²) in [6.07, 6.45) is 0.352. The molecule has 2 unspecified atom stereocenters. The molecule has 2 atom stereocenters. The Labute approximate surface area is 175 Å². The molecule has 0 N–H and O–H groups in total. The minimum absolute atomic E-state index is 0.0809. The molecule has 30 heavy (non-hydrogen) atoms. The summed E-state index contributed by atoms with van der Waals surface area (Å²) < 4.78 is 58.2. The highest BCUT2D eigenvalue weighted by atomic mass is 32.2. The summed E-state index contributed by atoms with van der Waals surface area (Å²) in [5.74, 6) is 0.812. The second-order valence-electron chi connectivity index (χ2n) is 6.89. The molecule has 162 valence electrons. The minimum Gasteiger partial charge on any atom is -0.490 e. The first-order valence-corrected chi connectivity index (χ1v) is 11.2. The third-order valence-corrected chi connectivity index (χ3v) is 6.29. The third kappa shape index (κ3) is 5.93. The summed E-state index contributed by atoms with van der Waals surface area (Å²) in [5, 5.41) is 0. The molecule has 2 fully saturated rings. The zero-order valence-electron chi connectivity index (χ0n) is 16.4. The number of benzene rings is 2. The van der Waals surface area contributed by atoms with Crippen LogP contribution in [0.5, 0.6) is 11.5 Å². The average Bonchev–Trinajstić information content (AvgIpc) is 3.67. The maximum Gasteiger partial charge on any atom is 0.210 e. The van der Waals surface area contributed by atoms with E-state index in [1.807, 2.05) is 0 Å². The van der Waals surface area contributed by atoms with Gasteiger partial charge in [-0.25, -0.2) is 8.42 Å². The zero-order chi connectivity index (χ0) is 20.8. The Balaban J connectivity index is 1.34. The number of sulfone groups is 1. The quantitative estimate of drug-likeness (QED) is 0.268. The van der Waals surface area contributed by atoms with Crippen molar-refractivity contribution in [1.29, 1.82) is 0 Å². The highest BCUT2D eigenvalue weighted by Crippen LogP contribution is 2.30. The summed E-state index contributed by atoms with van der Waals surface area (Å²) >= 11 is 0. The van der Waals surface area contributed by atoms with Crippen LogP contribution in [-0.4, -0.2) is 67.1 Å². The molecule has 0 spiro atoms. The van der Waals surface area contributed by atoms with Crippen molar-refractivity contribution in [3.8, 4) is 11.5 Å². The molecule has 0 amide bonds. The fraction of sp³-hybridized carbons (Fsp3) is 0.429. The van der Waals surface area contributed by atoms with Crippen LogP contribution in [0.1, 0.15) is 0 Å².